The van der Waals surface area contributed by atoms with Crippen LogP contribution in [0.1, 0.15) is 349 Å². The van der Waals surface area contributed by atoms with Crippen LogP contribution in [0.4, 0.5) is 0 Å². The summed E-state index contributed by atoms with van der Waals surface area (Å²) in [5.41, 5.74) is 7.85. The normalized spacial score (nSPS) is 17.4. The number of rotatable bonds is 2. The third-order valence-electron chi connectivity index (χ3n) is 17.4. The molecule has 0 nitrogen and oxygen atoms in total. The van der Waals surface area contributed by atoms with E-state index in [2.05, 4.69) is 267 Å². The van der Waals surface area contributed by atoms with Gasteiger partial charge in [0.05, 0.1) is 0 Å². The van der Waals surface area contributed by atoms with Crippen LogP contribution >= 0.6 is 0 Å². The van der Waals surface area contributed by atoms with Crippen molar-refractivity contribution in [3.05, 3.63) is 35.4 Å². The van der Waals surface area contributed by atoms with E-state index in [-0.39, 0.29) is 0 Å². The molecule has 3 saturated carbocycles. The molecule has 0 heteroatoms. The first kappa shape index (κ1) is 78.7. The second-order valence-electron chi connectivity index (χ2n) is 35.4. The van der Waals surface area contributed by atoms with Crippen LogP contribution < -0.4 is 0 Å². The molecule has 0 heterocycles. The van der Waals surface area contributed by atoms with E-state index in [1.54, 1.807) is 0 Å². The Morgan fingerprint density at radius 1 is 0.384 bits per heavy atom. The second-order valence-corrected chi connectivity index (χ2v) is 35.4. The SMILES string of the molecule is CC(C)(C)C(C)(C)C.CC(C)(C)C1CCCC1.CC(C)(C)C1CCCCC1.CC(C)(C)C1CCCCC1.CC(C)(C)CC(C)(C)C.CC(C)C(C)(C)C.CCC(C)C(C)(C)C.Cc1ccccc1CC(C)(C)C. The van der Waals surface area contributed by atoms with E-state index < -0.39 is 0 Å². The van der Waals surface area contributed by atoms with E-state index in [4.69, 9.17) is 0 Å². The summed E-state index contributed by atoms with van der Waals surface area (Å²) in [6.45, 7) is 80.5. The summed E-state index contributed by atoms with van der Waals surface area (Å²) in [5.74, 6) is 4.66. The number of benzene rings is 1. The molecule has 0 saturated heterocycles. The molecule has 0 amide bonds. The van der Waals surface area contributed by atoms with E-state index >= 15 is 0 Å². The first-order valence-electron chi connectivity index (χ1n) is 31.2. The van der Waals surface area contributed by atoms with Gasteiger partial charge in [-0.2, -0.15) is 0 Å². The van der Waals surface area contributed by atoms with Gasteiger partial charge in [0.1, 0.15) is 0 Å². The minimum Gasteiger partial charge on any atom is -0.0651 e. The highest BCUT2D eigenvalue weighted by Crippen LogP contribution is 2.40. The molecule has 0 N–H and O–H groups in total. The molecule has 0 radical (unpaired) electrons. The monoisotopic (exact) mass is 1030 g/mol. The van der Waals surface area contributed by atoms with Gasteiger partial charge in [0.2, 0.25) is 0 Å². The minimum absolute atomic E-state index is 0.395. The van der Waals surface area contributed by atoms with Crippen molar-refractivity contribution in [1.29, 1.82) is 0 Å². The molecule has 0 bridgehead atoms. The molecule has 440 valence electrons. The fourth-order valence-corrected chi connectivity index (χ4v) is 9.31. The van der Waals surface area contributed by atoms with E-state index in [0.717, 1.165) is 29.6 Å². The summed E-state index contributed by atoms with van der Waals surface area (Å²) < 4.78 is 0. The number of hydrogen-bond acceptors (Lipinski definition) is 0. The lowest BCUT2D eigenvalue weighted by atomic mass is 9.71. The summed E-state index contributed by atoms with van der Waals surface area (Å²) in [4.78, 5) is 0. The van der Waals surface area contributed by atoms with Gasteiger partial charge in [-0.05, 0) is 153 Å². The Morgan fingerprint density at radius 2 is 0.644 bits per heavy atom. The average molecular weight is 1030 g/mol. The maximum atomic E-state index is 2.38. The van der Waals surface area contributed by atoms with Crippen LogP contribution in [0, 0.1) is 90.7 Å². The highest BCUT2D eigenvalue weighted by molar-refractivity contribution is 5.26. The quantitative estimate of drug-likeness (QED) is 0.277. The minimum atomic E-state index is 0.395. The molecule has 3 fully saturated rings. The van der Waals surface area contributed by atoms with E-state index in [1.165, 1.54) is 120 Å². The van der Waals surface area contributed by atoms with Crippen LogP contribution in [0.3, 0.4) is 0 Å². The lowest BCUT2D eigenvalue weighted by Crippen LogP contribution is -2.25. The molecule has 0 aromatic heterocycles. The lowest BCUT2D eigenvalue weighted by molar-refractivity contribution is 0.157. The highest BCUT2D eigenvalue weighted by Gasteiger charge is 2.29. The van der Waals surface area contributed by atoms with Crippen molar-refractivity contribution in [3.63, 3.8) is 0 Å². The van der Waals surface area contributed by atoms with Crippen molar-refractivity contribution < 1.29 is 0 Å². The fraction of sp³-hybridized carbons (Fsp3) is 0.918. The standard InChI is InChI=1S/C12H18.2C10H20.C9H18.C9H20.2C8H18.C7H16/c1-10-7-5-6-8-11(10)9-12(2,3)4;2*1-10(2,3)9-7-5-4-6-8-9;1-9(2,3)8-6-4-5-7-8;1-8(2,3)7-9(4,5)6;1-7(2,3)8(4,5)6;1-6-7(2)8(3,4)5;1-6(2)7(3,4)5/h5-8H,9H2,1-4H3;2*9H,4-8H2,1-3H3;8H,4-7H2,1-3H3;7H2,1-6H3;1-6H3;7H,6H2,1-5H3;6H,1-5H3. The number of aryl methyl sites for hydroxylation is 1. The van der Waals surface area contributed by atoms with Gasteiger partial charge in [-0.25, -0.2) is 0 Å². The van der Waals surface area contributed by atoms with Crippen LogP contribution in [-0.4, -0.2) is 0 Å². The molecule has 73 heavy (non-hydrogen) atoms. The molecule has 1 aromatic rings. The molecule has 0 aliphatic heterocycles. The summed E-state index contributed by atoms with van der Waals surface area (Å²) in [6, 6.07) is 8.62. The molecular formula is C73H148. The van der Waals surface area contributed by atoms with Gasteiger partial charge >= 0.3 is 0 Å². The van der Waals surface area contributed by atoms with Gasteiger partial charge in [-0.1, -0.05) is 317 Å². The van der Waals surface area contributed by atoms with Crippen LogP contribution in [0.15, 0.2) is 24.3 Å². The molecule has 1 atom stereocenters. The van der Waals surface area contributed by atoms with Gasteiger partial charge < -0.3 is 0 Å². The van der Waals surface area contributed by atoms with Crippen LogP contribution in [-0.2, 0) is 6.42 Å². The molecular weight excluding hydrogens is 877 g/mol. The molecule has 3 aliphatic rings. The maximum Gasteiger partial charge on any atom is -0.0227 e. The van der Waals surface area contributed by atoms with Crippen molar-refractivity contribution in [1.82, 2.24) is 0 Å². The van der Waals surface area contributed by atoms with Crippen molar-refractivity contribution in [2.45, 2.75) is 351 Å². The predicted molar refractivity (Wildman–Crippen MR) is 343 cm³/mol. The van der Waals surface area contributed by atoms with Gasteiger partial charge in [0, 0.05) is 0 Å². The molecule has 4 rings (SSSR count). The Labute approximate surface area is 468 Å². The first-order chi connectivity index (χ1) is 32.2. The van der Waals surface area contributed by atoms with Gasteiger partial charge in [0.25, 0.3) is 0 Å². The molecule has 1 unspecified atom stereocenters. The summed E-state index contributed by atoms with van der Waals surface area (Å²) in [5, 5.41) is 0. The van der Waals surface area contributed by atoms with Crippen molar-refractivity contribution in [2.75, 3.05) is 0 Å². The molecule has 1 aromatic carbocycles. The first-order valence-corrected chi connectivity index (χ1v) is 31.2. The van der Waals surface area contributed by atoms with E-state index in [9.17, 15) is 0 Å². The van der Waals surface area contributed by atoms with Gasteiger partial charge in [0.15, 0.2) is 0 Å². The number of hydrogen-bond donors (Lipinski definition) is 0. The Kier molecular flexibility index (Phi) is 37.0. The van der Waals surface area contributed by atoms with Gasteiger partial charge in [-0.3, -0.25) is 0 Å². The van der Waals surface area contributed by atoms with Crippen LogP contribution in [0.2, 0.25) is 0 Å². The van der Waals surface area contributed by atoms with Crippen LogP contribution in [0.5, 0.6) is 0 Å². The lowest BCUT2D eigenvalue weighted by Gasteiger charge is -2.34. The van der Waals surface area contributed by atoms with Crippen molar-refractivity contribution in [2.24, 2.45) is 83.7 Å². The third kappa shape index (κ3) is 47.0. The Balaban J connectivity index is -0.000000375. The Hall–Kier alpha value is -0.780. The summed E-state index contributed by atoms with van der Waals surface area (Å²) in [6.07, 6.45) is 24.4. The highest BCUT2D eigenvalue weighted by atomic mass is 14.3. The Bertz CT molecular complexity index is 1370. The largest absolute Gasteiger partial charge is 0.0651 e. The third-order valence-corrected chi connectivity index (χ3v) is 17.4. The van der Waals surface area contributed by atoms with Crippen molar-refractivity contribution in [3.8, 4) is 0 Å². The zero-order chi connectivity index (χ0) is 58.9. The van der Waals surface area contributed by atoms with Crippen LogP contribution in [0.25, 0.3) is 0 Å². The predicted octanol–water partition coefficient (Wildman–Crippen LogP) is 26.3. The van der Waals surface area contributed by atoms with Crippen molar-refractivity contribution >= 4 is 0 Å². The van der Waals surface area contributed by atoms with Gasteiger partial charge in [-0.15, -0.1) is 0 Å². The smallest absolute Gasteiger partial charge is 0.0227 e. The second kappa shape index (κ2) is 34.3. The topological polar surface area (TPSA) is 0 Å². The fourth-order valence-electron chi connectivity index (χ4n) is 9.31. The zero-order valence-corrected chi connectivity index (χ0v) is 58.2. The molecule has 3 aliphatic carbocycles. The Morgan fingerprint density at radius 3 is 0.781 bits per heavy atom. The van der Waals surface area contributed by atoms with E-state index in [1.807, 2.05) is 0 Å². The zero-order valence-electron chi connectivity index (χ0n) is 58.2. The molecule has 0 spiro atoms. The van der Waals surface area contributed by atoms with E-state index in [0.29, 0.717) is 54.1 Å². The average Bonchev–Trinajstić information content (AvgIpc) is 3.74. The summed E-state index contributed by atoms with van der Waals surface area (Å²) >= 11 is 0. The maximum absolute atomic E-state index is 2.38. The summed E-state index contributed by atoms with van der Waals surface area (Å²) in [7, 11) is 0.